The minimum atomic E-state index is -0.364. The Labute approximate surface area is 118 Å². The van der Waals surface area contributed by atoms with Gasteiger partial charge < -0.3 is 15.2 Å². The molecule has 0 heterocycles. The lowest BCUT2D eigenvalue weighted by Crippen LogP contribution is -2.19. The van der Waals surface area contributed by atoms with Crippen LogP contribution in [0.5, 0.6) is 5.75 Å². The third-order valence-corrected chi connectivity index (χ3v) is 2.92. The molecule has 0 spiro atoms. The van der Waals surface area contributed by atoms with Crippen molar-refractivity contribution in [2.45, 2.75) is 12.6 Å². The highest BCUT2D eigenvalue weighted by Gasteiger charge is 2.08. The van der Waals surface area contributed by atoms with Crippen molar-refractivity contribution in [3.05, 3.63) is 65.5 Å². The van der Waals surface area contributed by atoms with Gasteiger partial charge in [-0.1, -0.05) is 24.3 Å². The van der Waals surface area contributed by atoms with E-state index in [0.29, 0.717) is 13.2 Å². The average molecular weight is 275 g/mol. The number of methoxy groups -OCH3 is 1. The van der Waals surface area contributed by atoms with Crippen LogP contribution in [0.25, 0.3) is 0 Å². The van der Waals surface area contributed by atoms with Gasteiger partial charge in [-0.15, -0.1) is 0 Å². The Morgan fingerprint density at radius 3 is 2.70 bits per heavy atom. The summed E-state index contributed by atoms with van der Waals surface area (Å²) >= 11 is 0. The molecule has 2 aromatic rings. The maximum absolute atomic E-state index is 13.1. The first-order chi connectivity index (χ1) is 9.69. The summed E-state index contributed by atoms with van der Waals surface area (Å²) < 4.78 is 23.8. The molecule has 3 nitrogen and oxygen atoms in total. The summed E-state index contributed by atoms with van der Waals surface area (Å²) in [4.78, 5) is 0. The fourth-order valence-electron chi connectivity index (χ4n) is 1.91. The van der Waals surface area contributed by atoms with Crippen LogP contribution in [0.4, 0.5) is 4.39 Å². The molecule has 0 radical (unpaired) electrons. The van der Waals surface area contributed by atoms with Gasteiger partial charge in [-0.25, -0.2) is 4.39 Å². The van der Waals surface area contributed by atoms with Gasteiger partial charge in [0.15, 0.2) is 0 Å². The molecule has 0 bridgehead atoms. The molecule has 0 aliphatic rings. The molecule has 0 amide bonds. The van der Waals surface area contributed by atoms with Crippen molar-refractivity contribution in [3.8, 4) is 5.75 Å². The number of hydrogen-bond donors (Lipinski definition) is 1. The first-order valence-electron chi connectivity index (χ1n) is 6.41. The van der Waals surface area contributed by atoms with Crippen molar-refractivity contribution in [3.63, 3.8) is 0 Å². The van der Waals surface area contributed by atoms with Crippen LogP contribution in [0.3, 0.4) is 0 Å². The van der Waals surface area contributed by atoms with Gasteiger partial charge in [-0.2, -0.15) is 0 Å². The summed E-state index contributed by atoms with van der Waals surface area (Å²) in [7, 11) is 1.65. The fraction of sp³-hybridized carbons (Fsp3) is 0.250. The number of halogens is 1. The normalized spacial score (nSPS) is 12.2. The van der Waals surface area contributed by atoms with Crippen LogP contribution in [-0.2, 0) is 11.3 Å². The average Bonchev–Trinajstić information content (AvgIpc) is 2.45. The zero-order chi connectivity index (χ0) is 14.4. The molecule has 1 unspecified atom stereocenters. The fourth-order valence-corrected chi connectivity index (χ4v) is 1.91. The van der Waals surface area contributed by atoms with E-state index >= 15 is 0 Å². The van der Waals surface area contributed by atoms with Gasteiger partial charge in [0.1, 0.15) is 18.2 Å². The summed E-state index contributed by atoms with van der Waals surface area (Å²) in [6.45, 7) is 0.826. The summed E-state index contributed by atoms with van der Waals surface area (Å²) in [6, 6.07) is 13.5. The van der Waals surface area contributed by atoms with E-state index in [9.17, 15) is 4.39 Å². The SMILES string of the molecule is COCc1cccc(OCC(N)c2cccc(F)c2)c1. The van der Waals surface area contributed by atoms with Crippen LogP contribution in [0.1, 0.15) is 17.2 Å². The summed E-state index contributed by atoms with van der Waals surface area (Å²) in [6.07, 6.45) is 0. The molecule has 0 saturated carbocycles. The van der Waals surface area contributed by atoms with E-state index in [0.717, 1.165) is 16.9 Å². The summed E-state index contributed by atoms with van der Waals surface area (Å²) in [5, 5.41) is 0. The molecule has 106 valence electrons. The predicted octanol–water partition coefficient (Wildman–Crippen LogP) is 3.05. The minimum Gasteiger partial charge on any atom is -0.492 e. The van der Waals surface area contributed by atoms with Crippen molar-refractivity contribution < 1.29 is 13.9 Å². The van der Waals surface area contributed by atoms with Crippen molar-refractivity contribution in [1.82, 2.24) is 0 Å². The molecule has 0 fully saturated rings. The van der Waals surface area contributed by atoms with Gasteiger partial charge >= 0.3 is 0 Å². The third-order valence-electron chi connectivity index (χ3n) is 2.92. The Hall–Kier alpha value is -1.91. The smallest absolute Gasteiger partial charge is 0.123 e. The first kappa shape index (κ1) is 14.5. The van der Waals surface area contributed by atoms with Gasteiger partial charge in [-0.3, -0.25) is 0 Å². The van der Waals surface area contributed by atoms with Crippen LogP contribution in [0, 0.1) is 5.82 Å². The third kappa shape index (κ3) is 4.05. The zero-order valence-corrected chi connectivity index (χ0v) is 11.4. The van der Waals surface area contributed by atoms with Crippen LogP contribution >= 0.6 is 0 Å². The monoisotopic (exact) mass is 275 g/mol. The highest BCUT2D eigenvalue weighted by Crippen LogP contribution is 2.17. The van der Waals surface area contributed by atoms with Crippen LogP contribution in [-0.4, -0.2) is 13.7 Å². The van der Waals surface area contributed by atoms with Crippen molar-refractivity contribution >= 4 is 0 Å². The van der Waals surface area contributed by atoms with Crippen molar-refractivity contribution in [2.24, 2.45) is 5.73 Å². The van der Waals surface area contributed by atoms with E-state index < -0.39 is 0 Å². The molecular formula is C16H18FNO2. The molecule has 2 N–H and O–H groups in total. The van der Waals surface area contributed by atoms with Gasteiger partial charge in [0.25, 0.3) is 0 Å². The molecule has 0 aliphatic carbocycles. The predicted molar refractivity (Wildman–Crippen MR) is 76.0 cm³/mol. The van der Waals surface area contributed by atoms with E-state index in [1.807, 2.05) is 24.3 Å². The topological polar surface area (TPSA) is 44.5 Å². The molecule has 2 aromatic carbocycles. The molecule has 20 heavy (non-hydrogen) atoms. The van der Waals surface area contributed by atoms with Crippen molar-refractivity contribution in [1.29, 1.82) is 0 Å². The number of nitrogens with two attached hydrogens (primary N) is 1. The Balaban J connectivity index is 1.96. The second-order valence-corrected chi connectivity index (χ2v) is 4.55. The molecule has 2 rings (SSSR count). The maximum Gasteiger partial charge on any atom is 0.123 e. The van der Waals surface area contributed by atoms with E-state index in [1.165, 1.54) is 12.1 Å². The number of ether oxygens (including phenoxy) is 2. The van der Waals surface area contributed by atoms with Gasteiger partial charge in [0.05, 0.1) is 12.6 Å². The quantitative estimate of drug-likeness (QED) is 0.881. The Bertz CT molecular complexity index is 560. The lowest BCUT2D eigenvalue weighted by Gasteiger charge is -2.14. The molecule has 0 saturated heterocycles. The summed E-state index contributed by atoms with van der Waals surface area (Å²) in [5.41, 5.74) is 7.74. The lowest BCUT2D eigenvalue weighted by molar-refractivity contribution is 0.184. The van der Waals surface area contributed by atoms with Gasteiger partial charge in [-0.05, 0) is 35.4 Å². The first-order valence-corrected chi connectivity index (χ1v) is 6.41. The van der Waals surface area contributed by atoms with E-state index in [2.05, 4.69) is 0 Å². The zero-order valence-electron chi connectivity index (χ0n) is 11.4. The molecule has 1 atom stereocenters. The van der Waals surface area contributed by atoms with Crippen LogP contribution in [0.2, 0.25) is 0 Å². The Morgan fingerprint density at radius 1 is 1.15 bits per heavy atom. The van der Waals surface area contributed by atoms with E-state index in [-0.39, 0.29) is 11.9 Å². The van der Waals surface area contributed by atoms with Crippen LogP contribution < -0.4 is 10.5 Å². The van der Waals surface area contributed by atoms with E-state index in [4.69, 9.17) is 15.2 Å². The largest absolute Gasteiger partial charge is 0.492 e. The Morgan fingerprint density at radius 2 is 1.95 bits per heavy atom. The molecular weight excluding hydrogens is 257 g/mol. The second kappa shape index (κ2) is 7.03. The van der Waals surface area contributed by atoms with Gasteiger partial charge in [0.2, 0.25) is 0 Å². The molecule has 0 aliphatic heterocycles. The maximum atomic E-state index is 13.1. The Kier molecular flexibility index (Phi) is 5.09. The number of hydrogen-bond acceptors (Lipinski definition) is 3. The molecule has 4 heteroatoms. The van der Waals surface area contributed by atoms with Crippen molar-refractivity contribution in [2.75, 3.05) is 13.7 Å². The highest BCUT2D eigenvalue weighted by atomic mass is 19.1. The highest BCUT2D eigenvalue weighted by molar-refractivity contribution is 5.28. The second-order valence-electron chi connectivity index (χ2n) is 4.55. The molecule has 0 aromatic heterocycles. The number of benzene rings is 2. The number of rotatable bonds is 6. The minimum absolute atomic E-state index is 0.292. The van der Waals surface area contributed by atoms with Crippen LogP contribution in [0.15, 0.2) is 48.5 Å². The lowest BCUT2D eigenvalue weighted by atomic mass is 10.1. The summed E-state index contributed by atoms with van der Waals surface area (Å²) in [5.74, 6) is 0.437. The standard InChI is InChI=1S/C16H18FNO2/c1-19-10-12-4-2-7-15(8-12)20-11-16(18)13-5-3-6-14(17)9-13/h2-9,16H,10-11,18H2,1H3. The van der Waals surface area contributed by atoms with Gasteiger partial charge in [0, 0.05) is 7.11 Å². The van der Waals surface area contributed by atoms with E-state index in [1.54, 1.807) is 19.2 Å².